The van der Waals surface area contributed by atoms with E-state index in [2.05, 4.69) is 5.32 Å². The molecule has 4 nitrogen and oxygen atoms in total. The first-order valence-corrected chi connectivity index (χ1v) is 8.29. The van der Waals surface area contributed by atoms with Crippen LogP contribution in [-0.2, 0) is 16.0 Å². The molecule has 0 heterocycles. The highest BCUT2D eigenvalue weighted by molar-refractivity contribution is 8.00. The Labute approximate surface area is 139 Å². The van der Waals surface area contributed by atoms with Gasteiger partial charge in [0.2, 0.25) is 5.91 Å². The molecule has 1 amide bonds. The first-order chi connectivity index (χ1) is 11.0. The summed E-state index contributed by atoms with van der Waals surface area (Å²) in [5.74, 6) is -1.11. The number of rotatable bonds is 7. The number of carboxylic acid groups (broad SMARTS) is 1. The van der Waals surface area contributed by atoms with Crippen molar-refractivity contribution in [1.29, 1.82) is 0 Å². The van der Waals surface area contributed by atoms with Crippen LogP contribution in [0.5, 0.6) is 0 Å². The molecule has 0 aliphatic rings. The number of aryl methyl sites for hydroxylation is 1. The van der Waals surface area contributed by atoms with Crippen molar-refractivity contribution in [3.63, 3.8) is 0 Å². The number of aliphatic carboxylic acids is 1. The van der Waals surface area contributed by atoms with E-state index in [1.807, 2.05) is 61.5 Å². The third-order valence-corrected chi connectivity index (χ3v) is 4.32. The fraction of sp³-hybridized carbons (Fsp3) is 0.222. The topological polar surface area (TPSA) is 66.4 Å². The summed E-state index contributed by atoms with van der Waals surface area (Å²) in [5.41, 5.74) is 2.04. The van der Waals surface area contributed by atoms with E-state index in [-0.39, 0.29) is 18.1 Å². The van der Waals surface area contributed by atoms with Crippen molar-refractivity contribution in [1.82, 2.24) is 5.32 Å². The molecule has 0 saturated heterocycles. The van der Waals surface area contributed by atoms with E-state index in [9.17, 15) is 14.7 Å². The van der Waals surface area contributed by atoms with Gasteiger partial charge in [-0.2, -0.15) is 0 Å². The highest BCUT2D eigenvalue weighted by Crippen LogP contribution is 2.18. The number of hydrogen-bond donors (Lipinski definition) is 2. The number of amides is 1. The van der Waals surface area contributed by atoms with Crippen LogP contribution in [0.25, 0.3) is 0 Å². The predicted molar refractivity (Wildman–Crippen MR) is 91.6 cm³/mol. The molecule has 2 N–H and O–H groups in total. The van der Waals surface area contributed by atoms with E-state index in [1.165, 1.54) is 11.8 Å². The minimum atomic E-state index is -1.03. The van der Waals surface area contributed by atoms with E-state index in [4.69, 9.17) is 0 Å². The third kappa shape index (κ3) is 5.79. The van der Waals surface area contributed by atoms with Gasteiger partial charge in [-0.3, -0.25) is 4.79 Å². The van der Waals surface area contributed by atoms with Crippen LogP contribution >= 0.6 is 11.8 Å². The van der Waals surface area contributed by atoms with Crippen LogP contribution in [0.2, 0.25) is 0 Å². The Morgan fingerprint density at radius 3 is 2.35 bits per heavy atom. The standard InChI is InChI=1S/C18H19NO3S/c1-13-7-9-15(10-8-13)23-12-17(20)19-16(18(21)22)11-14-5-3-2-4-6-14/h2-10,16H,11-12H2,1H3,(H,19,20)(H,21,22)/t16-/m1/s1. The fourth-order valence-corrected chi connectivity index (χ4v) is 2.78. The molecular formula is C18H19NO3S. The zero-order valence-corrected chi connectivity index (χ0v) is 13.7. The van der Waals surface area contributed by atoms with Gasteiger partial charge >= 0.3 is 5.97 Å². The highest BCUT2D eigenvalue weighted by atomic mass is 32.2. The van der Waals surface area contributed by atoms with Crippen LogP contribution < -0.4 is 5.32 Å². The molecule has 2 aromatic rings. The Kier molecular flexibility index (Phi) is 6.23. The molecule has 0 aliphatic carbocycles. The summed E-state index contributed by atoms with van der Waals surface area (Å²) in [7, 11) is 0. The lowest BCUT2D eigenvalue weighted by Crippen LogP contribution is -2.43. The van der Waals surface area contributed by atoms with Crippen molar-refractivity contribution in [3.8, 4) is 0 Å². The van der Waals surface area contributed by atoms with Gasteiger partial charge < -0.3 is 10.4 Å². The summed E-state index contributed by atoms with van der Waals surface area (Å²) in [5, 5.41) is 11.9. The molecule has 0 spiro atoms. The van der Waals surface area contributed by atoms with Crippen molar-refractivity contribution in [2.75, 3.05) is 5.75 Å². The van der Waals surface area contributed by atoms with Crippen LogP contribution in [-0.4, -0.2) is 28.8 Å². The molecule has 0 aliphatic heterocycles. The Balaban J connectivity index is 1.88. The van der Waals surface area contributed by atoms with E-state index in [0.717, 1.165) is 16.0 Å². The molecule has 0 bridgehead atoms. The number of carboxylic acids is 1. The number of thioether (sulfide) groups is 1. The SMILES string of the molecule is Cc1ccc(SCC(=O)N[C@H](Cc2ccccc2)C(=O)O)cc1. The lowest BCUT2D eigenvalue weighted by molar-refractivity contribution is -0.141. The van der Waals surface area contributed by atoms with E-state index in [0.29, 0.717) is 0 Å². The van der Waals surface area contributed by atoms with Crippen molar-refractivity contribution in [2.45, 2.75) is 24.3 Å². The maximum Gasteiger partial charge on any atom is 0.326 e. The largest absolute Gasteiger partial charge is 0.480 e. The second-order valence-electron chi connectivity index (χ2n) is 5.25. The van der Waals surface area contributed by atoms with E-state index >= 15 is 0 Å². The van der Waals surface area contributed by atoms with Crippen molar-refractivity contribution < 1.29 is 14.7 Å². The maximum atomic E-state index is 12.0. The third-order valence-electron chi connectivity index (χ3n) is 3.31. The molecule has 0 radical (unpaired) electrons. The van der Waals surface area contributed by atoms with Crippen LogP contribution in [0, 0.1) is 6.92 Å². The summed E-state index contributed by atoms with van der Waals surface area (Å²) in [6.45, 7) is 2.00. The average Bonchev–Trinajstić information content (AvgIpc) is 2.54. The van der Waals surface area contributed by atoms with Crippen molar-refractivity contribution in [3.05, 3.63) is 65.7 Å². The van der Waals surface area contributed by atoms with Gasteiger partial charge in [0.25, 0.3) is 0 Å². The van der Waals surface area contributed by atoms with Crippen molar-refractivity contribution in [2.24, 2.45) is 0 Å². The molecular weight excluding hydrogens is 310 g/mol. The molecule has 5 heteroatoms. The molecule has 0 unspecified atom stereocenters. The molecule has 120 valence electrons. The molecule has 0 saturated carbocycles. The van der Waals surface area contributed by atoms with Gasteiger partial charge in [0.15, 0.2) is 0 Å². The fourth-order valence-electron chi connectivity index (χ4n) is 2.07. The Hall–Kier alpha value is -2.27. The molecule has 0 fully saturated rings. The van der Waals surface area contributed by atoms with Crippen LogP contribution in [0.4, 0.5) is 0 Å². The van der Waals surface area contributed by atoms with Gasteiger partial charge in [-0.1, -0.05) is 48.0 Å². The van der Waals surface area contributed by atoms with Crippen LogP contribution in [0.15, 0.2) is 59.5 Å². The van der Waals surface area contributed by atoms with Gasteiger partial charge in [-0.05, 0) is 24.6 Å². The molecule has 23 heavy (non-hydrogen) atoms. The Morgan fingerprint density at radius 2 is 1.74 bits per heavy atom. The molecule has 2 rings (SSSR count). The Bertz CT molecular complexity index is 656. The minimum Gasteiger partial charge on any atom is -0.480 e. The van der Waals surface area contributed by atoms with Gasteiger partial charge in [-0.15, -0.1) is 11.8 Å². The summed E-state index contributed by atoms with van der Waals surface area (Å²) in [6.07, 6.45) is 0.275. The first kappa shape index (κ1) is 17.1. The zero-order chi connectivity index (χ0) is 16.7. The number of hydrogen-bond acceptors (Lipinski definition) is 3. The van der Waals surface area contributed by atoms with E-state index in [1.54, 1.807) is 0 Å². The Morgan fingerprint density at radius 1 is 1.09 bits per heavy atom. The molecule has 2 aromatic carbocycles. The number of nitrogens with one attached hydrogen (secondary N) is 1. The van der Waals surface area contributed by atoms with Crippen molar-refractivity contribution >= 4 is 23.6 Å². The highest BCUT2D eigenvalue weighted by Gasteiger charge is 2.20. The summed E-state index contributed by atoms with van der Waals surface area (Å²) >= 11 is 1.39. The average molecular weight is 329 g/mol. The second-order valence-corrected chi connectivity index (χ2v) is 6.30. The first-order valence-electron chi connectivity index (χ1n) is 7.30. The second kappa shape index (κ2) is 8.39. The number of benzene rings is 2. The van der Waals surface area contributed by atoms with Gasteiger partial charge in [-0.25, -0.2) is 4.79 Å². The lowest BCUT2D eigenvalue weighted by Gasteiger charge is -2.14. The van der Waals surface area contributed by atoms with Gasteiger partial charge in [0.05, 0.1) is 5.75 Å². The van der Waals surface area contributed by atoms with Gasteiger partial charge in [0.1, 0.15) is 6.04 Å². The van der Waals surface area contributed by atoms with Crippen LogP contribution in [0.3, 0.4) is 0 Å². The minimum absolute atomic E-state index is 0.196. The summed E-state index contributed by atoms with van der Waals surface area (Å²) < 4.78 is 0. The van der Waals surface area contributed by atoms with E-state index < -0.39 is 12.0 Å². The number of carbonyl (C=O) groups is 2. The lowest BCUT2D eigenvalue weighted by atomic mass is 10.1. The predicted octanol–water partition coefficient (Wildman–Crippen LogP) is 2.90. The summed E-state index contributed by atoms with van der Waals surface area (Å²) in [6, 6.07) is 16.2. The zero-order valence-electron chi connectivity index (χ0n) is 12.9. The van der Waals surface area contributed by atoms with Gasteiger partial charge in [0, 0.05) is 11.3 Å². The van der Waals surface area contributed by atoms with Crippen LogP contribution in [0.1, 0.15) is 11.1 Å². The summed E-state index contributed by atoms with van der Waals surface area (Å²) in [4.78, 5) is 24.3. The molecule has 0 aromatic heterocycles. The molecule has 1 atom stereocenters. The quantitative estimate of drug-likeness (QED) is 0.767. The smallest absolute Gasteiger partial charge is 0.326 e. The number of carbonyl (C=O) groups excluding carboxylic acids is 1. The maximum absolute atomic E-state index is 12.0. The monoisotopic (exact) mass is 329 g/mol. The normalized spacial score (nSPS) is 11.7.